The van der Waals surface area contributed by atoms with Crippen LogP contribution in [-0.4, -0.2) is 65.8 Å². The predicted octanol–water partition coefficient (Wildman–Crippen LogP) is 5.10. The predicted molar refractivity (Wildman–Crippen MR) is 149 cm³/mol. The van der Waals surface area contributed by atoms with Crippen LogP contribution in [0.3, 0.4) is 0 Å². The molecule has 0 spiro atoms. The first-order chi connectivity index (χ1) is 16.4. The third-order valence-corrected chi connectivity index (χ3v) is 7.08. The molecule has 0 radical (unpaired) electrons. The van der Waals surface area contributed by atoms with Gasteiger partial charge in [-0.3, -0.25) is 0 Å². The standard InChI is InChI=1S/C30H56O6/c1-22(14-11-15-24(3)16-18-25(31)28(4,5)34)12-9-10-13-23(2)17-19-27(33)30(8,36)21-20-26(32)29(6,7)35/h12-13,15,25-27,31-36H,9-11,14,16-21H2,1-8H3/b22-12+,23-13+,24-15+. The minimum atomic E-state index is -1.31. The van der Waals surface area contributed by atoms with E-state index in [4.69, 9.17) is 0 Å². The van der Waals surface area contributed by atoms with E-state index in [2.05, 4.69) is 32.1 Å². The van der Waals surface area contributed by atoms with Crippen LogP contribution >= 0.6 is 0 Å². The molecule has 6 nitrogen and oxygen atoms in total. The molecular formula is C30H56O6. The fraction of sp³-hybridized carbons (Fsp3) is 0.800. The molecule has 0 aliphatic carbocycles. The van der Waals surface area contributed by atoms with Gasteiger partial charge in [-0.1, -0.05) is 34.9 Å². The van der Waals surface area contributed by atoms with E-state index in [0.29, 0.717) is 19.3 Å². The molecule has 6 heteroatoms. The Kier molecular flexibility index (Phi) is 15.6. The summed E-state index contributed by atoms with van der Waals surface area (Å²) in [6.45, 7) is 14.2. The Hall–Kier alpha value is -1.02. The van der Waals surface area contributed by atoms with Crippen molar-refractivity contribution in [1.82, 2.24) is 0 Å². The Morgan fingerprint density at radius 1 is 0.556 bits per heavy atom. The molecule has 0 aliphatic rings. The number of aliphatic hydroxyl groups excluding tert-OH is 3. The van der Waals surface area contributed by atoms with E-state index < -0.39 is 35.1 Å². The minimum absolute atomic E-state index is 0.212. The van der Waals surface area contributed by atoms with E-state index in [1.165, 1.54) is 30.6 Å². The smallest absolute Gasteiger partial charge is 0.0878 e. The highest BCUT2D eigenvalue weighted by Crippen LogP contribution is 2.25. The summed E-state index contributed by atoms with van der Waals surface area (Å²) < 4.78 is 0. The number of allylic oxidation sites excluding steroid dienone is 6. The summed E-state index contributed by atoms with van der Waals surface area (Å²) in [6.07, 6.45) is 10.9. The fourth-order valence-electron chi connectivity index (χ4n) is 3.85. The normalized spacial score (nSPS) is 18.7. The van der Waals surface area contributed by atoms with E-state index in [-0.39, 0.29) is 12.8 Å². The molecule has 0 aromatic rings. The number of hydrogen-bond acceptors (Lipinski definition) is 6. The SMILES string of the molecule is C/C(=C\CC/C=C(\C)CCC(O)C(C)(O)CCC(O)C(C)(C)O)CC/C=C(\C)CCC(O)C(C)(C)O. The van der Waals surface area contributed by atoms with Crippen molar-refractivity contribution in [1.29, 1.82) is 0 Å². The molecule has 4 atom stereocenters. The molecule has 36 heavy (non-hydrogen) atoms. The average molecular weight is 513 g/mol. The van der Waals surface area contributed by atoms with Gasteiger partial charge in [0.05, 0.1) is 35.1 Å². The van der Waals surface area contributed by atoms with Crippen LogP contribution in [0.4, 0.5) is 0 Å². The van der Waals surface area contributed by atoms with Gasteiger partial charge in [-0.15, -0.1) is 0 Å². The van der Waals surface area contributed by atoms with Crippen LogP contribution in [0.15, 0.2) is 34.9 Å². The maximum absolute atomic E-state index is 10.6. The summed E-state index contributed by atoms with van der Waals surface area (Å²) in [5.74, 6) is 0. The first-order valence-electron chi connectivity index (χ1n) is 13.5. The van der Waals surface area contributed by atoms with E-state index >= 15 is 0 Å². The first kappa shape index (κ1) is 35.0. The Balaban J connectivity index is 4.33. The van der Waals surface area contributed by atoms with Gasteiger partial charge >= 0.3 is 0 Å². The van der Waals surface area contributed by atoms with Crippen molar-refractivity contribution in [2.75, 3.05) is 0 Å². The van der Waals surface area contributed by atoms with Gasteiger partial charge in [-0.05, 0) is 120 Å². The first-order valence-corrected chi connectivity index (χ1v) is 13.5. The van der Waals surface area contributed by atoms with Crippen molar-refractivity contribution in [3.05, 3.63) is 34.9 Å². The molecular weight excluding hydrogens is 456 g/mol. The van der Waals surface area contributed by atoms with E-state index in [1.54, 1.807) is 20.8 Å². The largest absolute Gasteiger partial charge is 0.390 e. The maximum atomic E-state index is 10.6. The summed E-state index contributed by atoms with van der Waals surface area (Å²) in [4.78, 5) is 0. The summed E-state index contributed by atoms with van der Waals surface area (Å²) in [5, 5.41) is 60.6. The van der Waals surface area contributed by atoms with Crippen molar-refractivity contribution in [2.24, 2.45) is 0 Å². The number of aliphatic hydroxyl groups is 6. The lowest BCUT2D eigenvalue weighted by Crippen LogP contribution is -2.42. The molecule has 4 unspecified atom stereocenters. The second-order valence-corrected chi connectivity index (χ2v) is 12.1. The van der Waals surface area contributed by atoms with Crippen molar-refractivity contribution < 1.29 is 30.6 Å². The van der Waals surface area contributed by atoms with Crippen LogP contribution in [0.25, 0.3) is 0 Å². The molecule has 0 rings (SSSR count). The molecule has 6 N–H and O–H groups in total. The summed E-state index contributed by atoms with van der Waals surface area (Å²) in [6, 6.07) is 0. The van der Waals surface area contributed by atoms with Gasteiger partial charge in [0.2, 0.25) is 0 Å². The second-order valence-electron chi connectivity index (χ2n) is 12.1. The Morgan fingerprint density at radius 3 is 1.36 bits per heavy atom. The van der Waals surface area contributed by atoms with Crippen molar-refractivity contribution in [3.8, 4) is 0 Å². The van der Waals surface area contributed by atoms with Gasteiger partial charge in [-0.2, -0.15) is 0 Å². The number of hydrogen-bond donors (Lipinski definition) is 6. The van der Waals surface area contributed by atoms with Gasteiger partial charge < -0.3 is 30.6 Å². The molecule has 0 saturated heterocycles. The summed E-state index contributed by atoms with van der Waals surface area (Å²) >= 11 is 0. The number of unbranched alkanes of at least 4 members (excludes halogenated alkanes) is 1. The topological polar surface area (TPSA) is 121 Å². The third-order valence-electron chi connectivity index (χ3n) is 7.08. The van der Waals surface area contributed by atoms with Crippen LogP contribution < -0.4 is 0 Å². The molecule has 0 aromatic carbocycles. The molecule has 0 amide bonds. The zero-order chi connectivity index (χ0) is 28.2. The van der Waals surface area contributed by atoms with E-state index in [0.717, 1.165) is 32.1 Å². The van der Waals surface area contributed by atoms with E-state index in [1.807, 2.05) is 6.92 Å². The van der Waals surface area contributed by atoms with Gasteiger partial charge in [0, 0.05) is 0 Å². The Morgan fingerprint density at radius 2 is 0.917 bits per heavy atom. The van der Waals surface area contributed by atoms with Crippen LogP contribution in [0, 0.1) is 0 Å². The van der Waals surface area contributed by atoms with Gasteiger partial charge in [0.1, 0.15) is 0 Å². The summed E-state index contributed by atoms with van der Waals surface area (Å²) in [5.41, 5.74) is 0.161. The van der Waals surface area contributed by atoms with Crippen molar-refractivity contribution >= 4 is 0 Å². The zero-order valence-corrected chi connectivity index (χ0v) is 24.2. The minimum Gasteiger partial charge on any atom is -0.390 e. The van der Waals surface area contributed by atoms with Crippen LogP contribution in [-0.2, 0) is 0 Å². The fourth-order valence-corrected chi connectivity index (χ4v) is 3.85. The van der Waals surface area contributed by atoms with Gasteiger partial charge in [0.15, 0.2) is 0 Å². The Bertz CT molecular complexity index is 706. The lowest BCUT2D eigenvalue weighted by molar-refractivity contribution is -0.0946. The Labute approximate surface area is 220 Å². The highest BCUT2D eigenvalue weighted by Gasteiger charge is 2.33. The van der Waals surface area contributed by atoms with E-state index in [9.17, 15) is 30.6 Å². The lowest BCUT2D eigenvalue weighted by atomic mass is 9.86. The van der Waals surface area contributed by atoms with Gasteiger partial charge in [0.25, 0.3) is 0 Å². The van der Waals surface area contributed by atoms with Gasteiger partial charge in [-0.25, -0.2) is 0 Å². The maximum Gasteiger partial charge on any atom is 0.0878 e. The summed E-state index contributed by atoms with van der Waals surface area (Å²) in [7, 11) is 0. The molecule has 0 saturated carbocycles. The number of rotatable bonds is 18. The third kappa shape index (κ3) is 16.0. The monoisotopic (exact) mass is 512 g/mol. The molecule has 0 heterocycles. The molecule has 212 valence electrons. The highest BCUT2D eigenvalue weighted by molar-refractivity contribution is 5.06. The van der Waals surface area contributed by atoms with Crippen LogP contribution in [0.5, 0.6) is 0 Å². The quantitative estimate of drug-likeness (QED) is 0.112. The van der Waals surface area contributed by atoms with Crippen molar-refractivity contribution in [3.63, 3.8) is 0 Å². The average Bonchev–Trinajstić information content (AvgIpc) is 2.75. The lowest BCUT2D eigenvalue weighted by Gasteiger charge is -2.32. The molecule has 0 aromatic heterocycles. The molecule has 0 aliphatic heterocycles. The zero-order valence-electron chi connectivity index (χ0n) is 24.2. The van der Waals surface area contributed by atoms with Crippen molar-refractivity contribution in [2.45, 2.75) is 155 Å². The molecule has 0 fully saturated rings. The van der Waals surface area contributed by atoms with Crippen LogP contribution in [0.2, 0.25) is 0 Å². The second kappa shape index (κ2) is 16.1. The highest BCUT2D eigenvalue weighted by atomic mass is 16.3. The molecule has 0 bridgehead atoms. The van der Waals surface area contributed by atoms with Crippen LogP contribution in [0.1, 0.15) is 120 Å².